The maximum absolute atomic E-state index is 12.3. The first-order valence-corrected chi connectivity index (χ1v) is 7.38. The summed E-state index contributed by atoms with van der Waals surface area (Å²) in [4.78, 5) is 12.3. The molecule has 2 saturated heterocycles. The zero-order valence-corrected chi connectivity index (χ0v) is 11.5. The van der Waals surface area contributed by atoms with Crippen LogP contribution < -0.4 is 5.32 Å². The Morgan fingerprint density at radius 1 is 1.25 bits per heavy atom. The minimum absolute atomic E-state index is 0.000915. The van der Waals surface area contributed by atoms with Gasteiger partial charge in [0.25, 0.3) is 0 Å². The average Bonchev–Trinajstić information content (AvgIpc) is 2.80. The van der Waals surface area contributed by atoms with Gasteiger partial charge in [0.15, 0.2) is 0 Å². The summed E-state index contributed by atoms with van der Waals surface area (Å²) >= 11 is 0. The van der Waals surface area contributed by atoms with Crippen LogP contribution in [-0.2, 0) is 9.53 Å². The molecule has 0 aromatic heterocycles. The van der Waals surface area contributed by atoms with Gasteiger partial charge in [-0.2, -0.15) is 0 Å². The number of carbonyl (C=O) groups excluding carboxylic acids is 1. The molecule has 2 fully saturated rings. The molecule has 2 N–H and O–H groups in total. The smallest absolute Gasteiger partial charge is 0.316 e. The number of fused-ring (bicyclic) bond motifs is 2. The van der Waals surface area contributed by atoms with Crippen LogP contribution in [0.15, 0.2) is 30.3 Å². The van der Waals surface area contributed by atoms with Gasteiger partial charge in [-0.05, 0) is 31.2 Å². The first-order chi connectivity index (χ1) is 9.76. The highest BCUT2D eigenvalue weighted by molar-refractivity contribution is 5.78. The fourth-order valence-electron chi connectivity index (χ4n) is 3.35. The quantitative estimate of drug-likeness (QED) is 0.819. The van der Waals surface area contributed by atoms with Gasteiger partial charge >= 0.3 is 5.97 Å². The second kappa shape index (κ2) is 5.94. The van der Waals surface area contributed by atoms with E-state index in [1.165, 1.54) is 12.8 Å². The van der Waals surface area contributed by atoms with E-state index in [4.69, 9.17) is 4.74 Å². The SMILES string of the molecule is O=C(OC1CC2CC[C@H](C1)N2)[C@H](CO)c1ccccc1. The van der Waals surface area contributed by atoms with E-state index in [1.54, 1.807) is 0 Å². The van der Waals surface area contributed by atoms with Crippen LogP contribution in [0.2, 0.25) is 0 Å². The number of rotatable bonds is 4. The number of aliphatic hydroxyl groups is 1. The van der Waals surface area contributed by atoms with E-state index in [2.05, 4.69) is 5.32 Å². The number of carbonyl (C=O) groups is 1. The normalized spacial score (nSPS) is 29.9. The third-order valence-corrected chi connectivity index (χ3v) is 4.38. The van der Waals surface area contributed by atoms with E-state index in [9.17, 15) is 9.90 Å². The molecule has 108 valence electrons. The summed E-state index contributed by atoms with van der Waals surface area (Å²) in [6.45, 7) is -0.208. The average molecular weight is 275 g/mol. The zero-order valence-electron chi connectivity index (χ0n) is 11.5. The molecule has 3 rings (SSSR count). The van der Waals surface area contributed by atoms with E-state index in [-0.39, 0.29) is 18.7 Å². The lowest BCUT2D eigenvalue weighted by Crippen LogP contribution is -2.42. The van der Waals surface area contributed by atoms with Crippen molar-refractivity contribution in [1.82, 2.24) is 5.32 Å². The molecule has 1 aromatic rings. The summed E-state index contributed by atoms with van der Waals surface area (Å²) in [6.07, 6.45) is 4.16. The fourth-order valence-corrected chi connectivity index (χ4v) is 3.35. The molecule has 0 spiro atoms. The predicted molar refractivity (Wildman–Crippen MR) is 75.3 cm³/mol. The zero-order chi connectivity index (χ0) is 13.9. The fraction of sp³-hybridized carbons (Fsp3) is 0.562. The summed E-state index contributed by atoms with van der Waals surface area (Å²) in [5.74, 6) is -0.867. The molecule has 20 heavy (non-hydrogen) atoms. The van der Waals surface area contributed by atoms with Crippen molar-refractivity contribution in [2.24, 2.45) is 0 Å². The number of esters is 1. The number of nitrogens with one attached hydrogen (secondary N) is 1. The van der Waals surface area contributed by atoms with Crippen LogP contribution in [0.25, 0.3) is 0 Å². The molecule has 4 atom stereocenters. The number of hydrogen-bond donors (Lipinski definition) is 2. The highest BCUT2D eigenvalue weighted by Gasteiger charge is 2.36. The Labute approximate surface area is 119 Å². The second-order valence-corrected chi connectivity index (χ2v) is 5.81. The van der Waals surface area contributed by atoms with Crippen molar-refractivity contribution in [1.29, 1.82) is 0 Å². The maximum Gasteiger partial charge on any atom is 0.316 e. The molecule has 2 aliphatic rings. The van der Waals surface area contributed by atoms with Crippen molar-refractivity contribution >= 4 is 5.97 Å². The molecule has 2 heterocycles. The summed E-state index contributed by atoms with van der Waals surface area (Å²) in [5, 5.41) is 13.0. The summed E-state index contributed by atoms with van der Waals surface area (Å²) in [6, 6.07) is 10.3. The summed E-state index contributed by atoms with van der Waals surface area (Å²) in [7, 11) is 0. The standard InChI is InChI=1S/C16H21NO3/c18-10-15(11-4-2-1-3-5-11)16(19)20-14-8-12-6-7-13(9-14)17-12/h1-5,12-15,17-18H,6-10H2/t12-,13?,14?,15-/m1/s1. The second-order valence-electron chi connectivity index (χ2n) is 5.81. The van der Waals surface area contributed by atoms with Crippen molar-refractivity contribution in [3.8, 4) is 0 Å². The van der Waals surface area contributed by atoms with Crippen LogP contribution in [0.3, 0.4) is 0 Å². The minimum atomic E-state index is -0.566. The Morgan fingerprint density at radius 2 is 1.90 bits per heavy atom. The summed E-state index contributed by atoms with van der Waals surface area (Å²) < 4.78 is 5.64. The maximum atomic E-state index is 12.3. The van der Waals surface area contributed by atoms with Crippen LogP contribution in [0, 0.1) is 0 Å². The minimum Gasteiger partial charge on any atom is -0.462 e. The van der Waals surface area contributed by atoms with Gasteiger partial charge in [-0.15, -0.1) is 0 Å². The number of benzene rings is 1. The Balaban J connectivity index is 1.63. The highest BCUT2D eigenvalue weighted by Crippen LogP contribution is 2.29. The molecule has 1 aromatic carbocycles. The Kier molecular flexibility index (Phi) is 4.03. The molecule has 2 bridgehead atoms. The topological polar surface area (TPSA) is 58.6 Å². The van der Waals surface area contributed by atoms with Crippen molar-refractivity contribution in [2.45, 2.75) is 49.8 Å². The van der Waals surface area contributed by atoms with Crippen molar-refractivity contribution in [3.63, 3.8) is 0 Å². The van der Waals surface area contributed by atoms with Gasteiger partial charge in [-0.25, -0.2) is 0 Å². The molecule has 0 saturated carbocycles. The lowest BCUT2D eigenvalue weighted by atomic mass is 9.99. The van der Waals surface area contributed by atoms with Crippen LogP contribution >= 0.6 is 0 Å². The van der Waals surface area contributed by atoms with E-state index in [0.717, 1.165) is 18.4 Å². The molecule has 4 heteroatoms. The highest BCUT2D eigenvalue weighted by atomic mass is 16.5. The molecular weight excluding hydrogens is 254 g/mol. The third-order valence-electron chi connectivity index (χ3n) is 4.38. The van der Waals surface area contributed by atoms with E-state index in [1.807, 2.05) is 30.3 Å². The Hall–Kier alpha value is -1.39. The predicted octanol–water partition coefficient (Wildman–Crippen LogP) is 1.59. The molecule has 0 aliphatic carbocycles. The lowest BCUT2D eigenvalue weighted by molar-refractivity contribution is -0.153. The third kappa shape index (κ3) is 2.86. The van der Waals surface area contributed by atoms with Gasteiger partial charge in [-0.3, -0.25) is 4.79 Å². The lowest BCUT2D eigenvalue weighted by Gasteiger charge is -2.29. The van der Waals surface area contributed by atoms with Crippen molar-refractivity contribution < 1.29 is 14.6 Å². The van der Waals surface area contributed by atoms with Gasteiger partial charge in [0.1, 0.15) is 12.0 Å². The number of ether oxygens (including phenoxy) is 1. The molecular formula is C16H21NO3. The van der Waals surface area contributed by atoms with Crippen molar-refractivity contribution in [3.05, 3.63) is 35.9 Å². The summed E-state index contributed by atoms with van der Waals surface area (Å²) in [5.41, 5.74) is 0.817. The molecule has 2 unspecified atom stereocenters. The van der Waals surface area contributed by atoms with Gasteiger partial charge in [0.05, 0.1) is 6.61 Å². The number of piperidine rings is 1. The Morgan fingerprint density at radius 3 is 2.50 bits per heavy atom. The van der Waals surface area contributed by atoms with Crippen LogP contribution in [0.1, 0.15) is 37.2 Å². The monoisotopic (exact) mass is 275 g/mol. The largest absolute Gasteiger partial charge is 0.462 e. The number of aliphatic hydroxyl groups excluding tert-OH is 1. The Bertz CT molecular complexity index is 450. The molecule has 0 radical (unpaired) electrons. The first-order valence-electron chi connectivity index (χ1n) is 7.38. The van der Waals surface area contributed by atoms with Crippen molar-refractivity contribution in [2.75, 3.05) is 6.61 Å². The van der Waals surface area contributed by atoms with Crippen LogP contribution in [-0.4, -0.2) is 35.9 Å². The molecule has 0 amide bonds. The molecule has 4 nitrogen and oxygen atoms in total. The van der Waals surface area contributed by atoms with Gasteiger partial charge in [0, 0.05) is 12.1 Å². The van der Waals surface area contributed by atoms with Gasteiger partial charge < -0.3 is 15.2 Å². The van der Waals surface area contributed by atoms with Gasteiger partial charge in [0.2, 0.25) is 0 Å². The van der Waals surface area contributed by atoms with Crippen LogP contribution in [0.5, 0.6) is 0 Å². The van der Waals surface area contributed by atoms with Crippen LogP contribution in [0.4, 0.5) is 0 Å². The first kappa shape index (κ1) is 13.6. The van der Waals surface area contributed by atoms with E-state index < -0.39 is 5.92 Å². The van der Waals surface area contributed by atoms with E-state index >= 15 is 0 Å². The van der Waals surface area contributed by atoms with E-state index in [0.29, 0.717) is 12.1 Å². The molecule has 2 aliphatic heterocycles. The van der Waals surface area contributed by atoms with Gasteiger partial charge in [-0.1, -0.05) is 30.3 Å². The number of hydrogen-bond acceptors (Lipinski definition) is 4.